The number of aromatic nitrogens is 1. The van der Waals surface area contributed by atoms with Crippen molar-refractivity contribution in [1.82, 2.24) is 4.98 Å². The van der Waals surface area contributed by atoms with Gasteiger partial charge in [0.25, 0.3) is 0 Å². The first-order valence-corrected chi connectivity index (χ1v) is 6.06. The van der Waals surface area contributed by atoms with Gasteiger partial charge >= 0.3 is 0 Å². The van der Waals surface area contributed by atoms with Crippen molar-refractivity contribution in [2.45, 2.75) is 0 Å². The fourth-order valence-electron chi connectivity index (χ4n) is 1.47. The van der Waals surface area contributed by atoms with Gasteiger partial charge in [-0.15, -0.1) is 0 Å². The number of anilines is 3. The van der Waals surface area contributed by atoms with E-state index in [4.69, 9.17) is 10.6 Å². The molecule has 0 aliphatic heterocycles. The first-order valence-electron chi connectivity index (χ1n) is 5.27. The lowest BCUT2D eigenvalue weighted by Gasteiger charge is -2.09. The Balaban J connectivity index is 2.22. The Morgan fingerprint density at radius 1 is 1.22 bits per heavy atom. The van der Waals surface area contributed by atoms with Crippen LogP contribution in [-0.2, 0) is 0 Å². The monoisotopic (exact) mass is 308 g/mol. The molecule has 0 atom stereocenters. The zero-order chi connectivity index (χ0) is 13.0. The predicted octanol–water partition coefficient (Wildman–Crippen LogP) is 2.88. The van der Waals surface area contributed by atoms with Crippen LogP contribution in [0.5, 0.6) is 5.75 Å². The van der Waals surface area contributed by atoms with Gasteiger partial charge < -0.3 is 15.5 Å². The highest BCUT2D eigenvalue weighted by Crippen LogP contribution is 2.29. The molecule has 1 heterocycles. The fraction of sp³-hybridized carbons (Fsp3) is 0.0833. The highest BCUT2D eigenvalue weighted by atomic mass is 79.9. The molecule has 2 rings (SSSR count). The summed E-state index contributed by atoms with van der Waals surface area (Å²) in [6.07, 6.45) is 0. The summed E-state index contributed by atoms with van der Waals surface area (Å²) in [7, 11) is 1.63. The van der Waals surface area contributed by atoms with E-state index < -0.39 is 0 Å². The third-order valence-corrected chi connectivity index (χ3v) is 2.98. The molecule has 1 aromatic carbocycles. The zero-order valence-corrected chi connectivity index (χ0v) is 11.4. The number of nitrogens with two attached hydrogens (primary N) is 1. The van der Waals surface area contributed by atoms with Crippen LogP contribution < -0.4 is 21.3 Å². The molecule has 1 aromatic heterocycles. The molecule has 0 aliphatic rings. The molecule has 0 saturated heterocycles. The quantitative estimate of drug-likeness (QED) is 0.598. The maximum absolute atomic E-state index is 5.31. The molecular weight excluding hydrogens is 296 g/mol. The summed E-state index contributed by atoms with van der Waals surface area (Å²) < 4.78 is 6.13. The van der Waals surface area contributed by atoms with E-state index in [9.17, 15) is 0 Å². The average molecular weight is 309 g/mol. The number of nitrogen functional groups attached to an aromatic ring is 1. The summed E-state index contributed by atoms with van der Waals surface area (Å²) in [5.74, 6) is 7.37. The molecule has 0 unspecified atom stereocenters. The standard InChI is InChI=1S/C12H13BrN4O/c1-18-10-7-8(5-6-9(10)13)15-11-3-2-4-12(16-11)17-14/h2-7H,14H2,1H3,(H2,15,16,17). The van der Waals surface area contributed by atoms with Crippen molar-refractivity contribution < 1.29 is 4.74 Å². The topological polar surface area (TPSA) is 72.2 Å². The molecule has 0 aliphatic carbocycles. The molecule has 0 bridgehead atoms. The lowest BCUT2D eigenvalue weighted by Crippen LogP contribution is -2.08. The number of rotatable bonds is 4. The predicted molar refractivity (Wildman–Crippen MR) is 76.0 cm³/mol. The number of methoxy groups -OCH3 is 1. The summed E-state index contributed by atoms with van der Waals surface area (Å²) >= 11 is 3.40. The molecule has 2 aromatic rings. The summed E-state index contributed by atoms with van der Waals surface area (Å²) in [6.45, 7) is 0. The van der Waals surface area contributed by atoms with Gasteiger partial charge in [0.15, 0.2) is 0 Å². The van der Waals surface area contributed by atoms with Gasteiger partial charge in [0.2, 0.25) is 0 Å². The largest absolute Gasteiger partial charge is 0.495 e. The Morgan fingerprint density at radius 3 is 2.72 bits per heavy atom. The SMILES string of the molecule is COc1cc(Nc2cccc(NN)n2)ccc1Br. The number of hydrazine groups is 1. The van der Waals surface area contributed by atoms with Gasteiger partial charge in [-0.3, -0.25) is 0 Å². The number of hydrogen-bond donors (Lipinski definition) is 3. The molecule has 4 N–H and O–H groups in total. The van der Waals surface area contributed by atoms with E-state index >= 15 is 0 Å². The summed E-state index contributed by atoms with van der Waals surface area (Å²) in [6, 6.07) is 11.2. The van der Waals surface area contributed by atoms with Crippen molar-refractivity contribution in [3.63, 3.8) is 0 Å². The molecule has 0 spiro atoms. The van der Waals surface area contributed by atoms with E-state index in [0.717, 1.165) is 15.9 Å². The summed E-state index contributed by atoms with van der Waals surface area (Å²) in [4.78, 5) is 4.26. The number of ether oxygens (including phenoxy) is 1. The van der Waals surface area contributed by atoms with Crippen LogP contribution in [0.2, 0.25) is 0 Å². The highest BCUT2D eigenvalue weighted by Gasteiger charge is 2.03. The third-order valence-electron chi connectivity index (χ3n) is 2.32. The molecule has 0 saturated carbocycles. The van der Waals surface area contributed by atoms with Gasteiger partial charge in [-0.2, -0.15) is 0 Å². The van der Waals surface area contributed by atoms with Crippen LogP contribution in [-0.4, -0.2) is 12.1 Å². The van der Waals surface area contributed by atoms with E-state index in [0.29, 0.717) is 11.6 Å². The molecule has 6 heteroatoms. The number of benzene rings is 1. The number of halogens is 1. The average Bonchev–Trinajstić information content (AvgIpc) is 2.41. The first-order chi connectivity index (χ1) is 8.72. The minimum atomic E-state index is 0.601. The zero-order valence-electron chi connectivity index (χ0n) is 9.77. The number of pyridine rings is 1. The Hall–Kier alpha value is -1.79. The lowest BCUT2D eigenvalue weighted by molar-refractivity contribution is 0.412. The van der Waals surface area contributed by atoms with Crippen LogP contribution in [0.4, 0.5) is 17.3 Å². The molecule has 0 fully saturated rings. The molecular formula is C12H13BrN4O. The van der Waals surface area contributed by atoms with E-state index in [1.807, 2.05) is 30.3 Å². The van der Waals surface area contributed by atoms with E-state index in [-0.39, 0.29) is 0 Å². The summed E-state index contributed by atoms with van der Waals surface area (Å²) in [5, 5.41) is 3.17. The van der Waals surface area contributed by atoms with Gasteiger partial charge in [-0.25, -0.2) is 10.8 Å². The minimum absolute atomic E-state index is 0.601. The van der Waals surface area contributed by atoms with Crippen LogP contribution in [0.1, 0.15) is 0 Å². The van der Waals surface area contributed by atoms with Crippen LogP contribution in [0.25, 0.3) is 0 Å². The van der Waals surface area contributed by atoms with Gasteiger partial charge in [0.05, 0.1) is 11.6 Å². The van der Waals surface area contributed by atoms with Gasteiger partial charge in [0, 0.05) is 11.8 Å². The normalized spacial score (nSPS) is 9.94. The van der Waals surface area contributed by atoms with Crippen molar-refractivity contribution >= 4 is 33.3 Å². The third kappa shape index (κ3) is 2.91. The second kappa shape index (κ2) is 5.70. The Labute approximate surface area is 113 Å². The summed E-state index contributed by atoms with van der Waals surface area (Å²) in [5.41, 5.74) is 3.39. The van der Waals surface area contributed by atoms with Crippen molar-refractivity contribution in [1.29, 1.82) is 0 Å². The van der Waals surface area contributed by atoms with Gasteiger partial charge in [0.1, 0.15) is 17.4 Å². The molecule has 94 valence electrons. The number of nitrogens with zero attached hydrogens (tertiary/aromatic N) is 1. The fourth-order valence-corrected chi connectivity index (χ4v) is 1.88. The van der Waals surface area contributed by atoms with Crippen LogP contribution >= 0.6 is 15.9 Å². The van der Waals surface area contributed by atoms with Crippen LogP contribution in [0, 0.1) is 0 Å². The van der Waals surface area contributed by atoms with Crippen LogP contribution in [0.15, 0.2) is 40.9 Å². The second-order valence-electron chi connectivity index (χ2n) is 3.53. The molecule has 5 nitrogen and oxygen atoms in total. The smallest absolute Gasteiger partial charge is 0.142 e. The Bertz CT molecular complexity index is 547. The Kier molecular flexibility index (Phi) is 4.01. The van der Waals surface area contributed by atoms with Gasteiger partial charge in [-0.05, 0) is 40.2 Å². The molecule has 0 radical (unpaired) electrons. The van der Waals surface area contributed by atoms with Crippen molar-refractivity contribution in [3.05, 3.63) is 40.9 Å². The Morgan fingerprint density at radius 2 is 2.00 bits per heavy atom. The van der Waals surface area contributed by atoms with Gasteiger partial charge in [-0.1, -0.05) is 6.07 Å². The van der Waals surface area contributed by atoms with E-state index in [1.54, 1.807) is 13.2 Å². The van der Waals surface area contributed by atoms with Crippen LogP contribution in [0.3, 0.4) is 0 Å². The lowest BCUT2D eigenvalue weighted by atomic mass is 10.3. The highest BCUT2D eigenvalue weighted by molar-refractivity contribution is 9.10. The maximum atomic E-state index is 5.31. The minimum Gasteiger partial charge on any atom is -0.495 e. The maximum Gasteiger partial charge on any atom is 0.142 e. The van der Waals surface area contributed by atoms with E-state index in [1.165, 1.54) is 0 Å². The number of nitrogens with one attached hydrogen (secondary N) is 2. The number of hydrogen-bond acceptors (Lipinski definition) is 5. The van der Waals surface area contributed by atoms with Crippen molar-refractivity contribution in [2.24, 2.45) is 5.84 Å². The molecule has 0 amide bonds. The first kappa shape index (κ1) is 12.7. The van der Waals surface area contributed by atoms with Crippen molar-refractivity contribution in [3.8, 4) is 5.75 Å². The second-order valence-corrected chi connectivity index (χ2v) is 4.38. The van der Waals surface area contributed by atoms with Crippen molar-refractivity contribution in [2.75, 3.05) is 17.9 Å². The molecule has 18 heavy (non-hydrogen) atoms. The van der Waals surface area contributed by atoms with E-state index in [2.05, 4.69) is 31.7 Å².